The molecule has 0 amide bonds. The number of hydrogen-bond donors (Lipinski definition) is 0. The van der Waals surface area contributed by atoms with Gasteiger partial charge in [0.1, 0.15) is 0 Å². The van der Waals surface area contributed by atoms with E-state index in [1.807, 2.05) is 0 Å². The molecular formula is C5F12O3S. The number of hydrogen-bond acceptors (Lipinski definition) is 3. The van der Waals surface area contributed by atoms with Crippen molar-refractivity contribution in [2.75, 3.05) is 0 Å². The van der Waals surface area contributed by atoms with Crippen molar-refractivity contribution in [2.45, 2.75) is 29.6 Å². The van der Waals surface area contributed by atoms with Crippen LogP contribution in [0.2, 0.25) is 0 Å². The van der Waals surface area contributed by atoms with Gasteiger partial charge < -0.3 is 0 Å². The zero-order valence-electron chi connectivity index (χ0n) is 8.67. The zero-order chi connectivity index (χ0) is 17.7. The first-order valence-electron chi connectivity index (χ1n) is 3.93. The molecule has 1 atom stereocenters. The fraction of sp³-hybridized carbons (Fsp3) is 1.00. The highest BCUT2D eigenvalue weighted by atomic mass is 32.2. The molecule has 128 valence electrons. The lowest BCUT2D eigenvalue weighted by molar-refractivity contribution is -0.363. The Kier molecular flexibility index (Phi) is 4.57. The van der Waals surface area contributed by atoms with Gasteiger partial charge in [0, 0.05) is 0 Å². The summed E-state index contributed by atoms with van der Waals surface area (Å²) in [7, 11) is -8.16. The minimum atomic E-state index is -8.16. The van der Waals surface area contributed by atoms with Crippen molar-refractivity contribution in [2.24, 2.45) is 0 Å². The molecule has 1 unspecified atom stereocenters. The summed E-state index contributed by atoms with van der Waals surface area (Å²) in [6, 6.07) is 0. The SMILES string of the molecule is O=S(=O)(OC(F)(F)F)C(F)(C(F)(F)F)C(F)(F)C(F)(F)F. The van der Waals surface area contributed by atoms with Gasteiger partial charge in [-0.2, -0.15) is 47.7 Å². The highest BCUT2D eigenvalue weighted by molar-refractivity contribution is 7.88. The second-order valence-corrected chi connectivity index (χ2v) is 4.79. The van der Waals surface area contributed by atoms with Crippen LogP contribution < -0.4 is 0 Å². The van der Waals surface area contributed by atoms with E-state index in [9.17, 15) is 61.1 Å². The lowest BCUT2D eigenvalue weighted by Gasteiger charge is -2.34. The Bertz CT molecular complexity index is 482. The molecule has 0 aliphatic heterocycles. The lowest BCUT2D eigenvalue weighted by atomic mass is 10.2. The van der Waals surface area contributed by atoms with Crippen molar-refractivity contribution >= 4 is 10.1 Å². The summed E-state index contributed by atoms with van der Waals surface area (Å²) in [4.78, 5) is 0. The quantitative estimate of drug-likeness (QED) is 0.567. The Labute approximate surface area is 106 Å². The first-order chi connectivity index (χ1) is 8.71. The van der Waals surface area contributed by atoms with Crippen LogP contribution in [0, 0.1) is 0 Å². The van der Waals surface area contributed by atoms with Crippen LogP contribution >= 0.6 is 0 Å². The lowest BCUT2D eigenvalue weighted by Crippen LogP contribution is -2.66. The third kappa shape index (κ3) is 3.29. The van der Waals surface area contributed by atoms with Crippen molar-refractivity contribution in [1.29, 1.82) is 0 Å². The van der Waals surface area contributed by atoms with Crippen LogP contribution in [-0.4, -0.2) is 38.1 Å². The Morgan fingerprint density at radius 3 is 1.14 bits per heavy atom. The molecule has 0 radical (unpaired) electrons. The minimum absolute atomic E-state index is 1.50. The van der Waals surface area contributed by atoms with Gasteiger partial charge in [-0.15, -0.1) is 13.2 Å². The molecule has 21 heavy (non-hydrogen) atoms. The molecule has 0 spiro atoms. The van der Waals surface area contributed by atoms with Gasteiger partial charge in [-0.1, -0.05) is 0 Å². The monoisotopic (exact) mass is 368 g/mol. The number of rotatable bonds is 3. The summed E-state index contributed by atoms with van der Waals surface area (Å²) in [6.07, 6.45) is -21.8. The predicted octanol–water partition coefficient (Wildman–Crippen LogP) is 3.28. The second kappa shape index (κ2) is 4.79. The van der Waals surface area contributed by atoms with E-state index in [1.165, 1.54) is 4.18 Å². The largest absolute Gasteiger partial charge is 0.537 e. The summed E-state index contributed by atoms with van der Waals surface area (Å²) < 4.78 is 166. The maximum Gasteiger partial charge on any atom is 0.537 e. The average molecular weight is 368 g/mol. The van der Waals surface area contributed by atoms with Gasteiger partial charge >= 0.3 is 39.8 Å². The third-order valence-corrected chi connectivity index (χ3v) is 3.26. The van der Waals surface area contributed by atoms with Crippen LogP contribution in [0.5, 0.6) is 0 Å². The summed E-state index contributed by atoms with van der Waals surface area (Å²) >= 11 is 0. The fourth-order valence-corrected chi connectivity index (χ4v) is 1.92. The van der Waals surface area contributed by atoms with Crippen LogP contribution in [0.3, 0.4) is 0 Å². The molecule has 0 fully saturated rings. The van der Waals surface area contributed by atoms with Crippen molar-refractivity contribution in [3.8, 4) is 0 Å². The van der Waals surface area contributed by atoms with Gasteiger partial charge in [-0.05, 0) is 0 Å². The topological polar surface area (TPSA) is 43.4 Å². The summed E-state index contributed by atoms with van der Waals surface area (Å²) in [6.45, 7) is 0. The first kappa shape index (κ1) is 20.1. The molecule has 0 N–H and O–H groups in total. The van der Waals surface area contributed by atoms with E-state index < -0.39 is 39.8 Å². The maximum absolute atomic E-state index is 13.1. The van der Waals surface area contributed by atoms with E-state index in [0.717, 1.165) is 0 Å². The highest BCUT2D eigenvalue weighted by Gasteiger charge is 2.88. The second-order valence-electron chi connectivity index (χ2n) is 3.15. The van der Waals surface area contributed by atoms with Gasteiger partial charge in [0.05, 0.1) is 0 Å². The summed E-state index contributed by atoms with van der Waals surface area (Å²) in [5.74, 6) is -7.78. The maximum atomic E-state index is 13.1. The van der Waals surface area contributed by atoms with Crippen molar-refractivity contribution in [3.63, 3.8) is 0 Å². The molecule has 3 nitrogen and oxygen atoms in total. The molecule has 0 saturated heterocycles. The van der Waals surface area contributed by atoms with Crippen LogP contribution in [0.1, 0.15) is 0 Å². The summed E-state index contributed by atoms with van der Waals surface area (Å²) in [5, 5.41) is -7.71. The van der Waals surface area contributed by atoms with Gasteiger partial charge in [0.2, 0.25) is 0 Å². The predicted molar refractivity (Wildman–Crippen MR) is 37.0 cm³/mol. The van der Waals surface area contributed by atoms with Gasteiger partial charge in [-0.25, -0.2) is 4.39 Å². The minimum Gasteiger partial charge on any atom is -0.206 e. The van der Waals surface area contributed by atoms with E-state index in [2.05, 4.69) is 0 Å². The van der Waals surface area contributed by atoms with Crippen LogP contribution in [0.25, 0.3) is 0 Å². The van der Waals surface area contributed by atoms with E-state index in [4.69, 9.17) is 0 Å². The molecule has 0 heterocycles. The Morgan fingerprint density at radius 1 is 0.619 bits per heavy atom. The van der Waals surface area contributed by atoms with Gasteiger partial charge in [-0.3, -0.25) is 0 Å². The van der Waals surface area contributed by atoms with Crippen molar-refractivity contribution < 1.29 is 65.3 Å². The molecular weight excluding hydrogens is 368 g/mol. The normalized spacial score (nSPS) is 18.5. The number of halogens is 12. The smallest absolute Gasteiger partial charge is 0.206 e. The van der Waals surface area contributed by atoms with Crippen LogP contribution in [0.4, 0.5) is 52.7 Å². The number of alkyl halides is 12. The van der Waals surface area contributed by atoms with E-state index in [-0.39, 0.29) is 0 Å². The molecule has 0 aromatic rings. The van der Waals surface area contributed by atoms with Crippen molar-refractivity contribution in [1.82, 2.24) is 0 Å². The Balaban J connectivity index is 6.43. The van der Waals surface area contributed by atoms with Crippen LogP contribution in [0.15, 0.2) is 0 Å². The fourth-order valence-electron chi connectivity index (χ4n) is 0.841. The highest BCUT2D eigenvalue weighted by Crippen LogP contribution is 2.56. The molecule has 0 aromatic heterocycles. The Hall–Kier alpha value is -0.930. The van der Waals surface area contributed by atoms with E-state index >= 15 is 0 Å². The third-order valence-electron chi connectivity index (χ3n) is 1.67. The average Bonchev–Trinajstić information content (AvgIpc) is 2.07. The van der Waals surface area contributed by atoms with Gasteiger partial charge in [0.15, 0.2) is 0 Å². The molecule has 0 aliphatic rings. The van der Waals surface area contributed by atoms with Crippen LogP contribution in [-0.2, 0) is 14.3 Å². The Morgan fingerprint density at radius 2 is 0.952 bits per heavy atom. The summed E-state index contributed by atoms with van der Waals surface area (Å²) in [5.41, 5.74) is 0. The zero-order valence-corrected chi connectivity index (χ0v) is 9.49. The van der Waals surface area contributed by atoms with Gasteiger partial charge in [0.25, 0.3) is 0 Å². The molecule has 16 heteroatoms. The standard InChI is InChI=1S/C5F12O3S/c6-1(7,3(9,10)11)2(8,4(12,13)14)21(18,19)20-5(15,16)17. The molecule has 0 aliphatic carbocycles. The molecule has 0 bridgehead atoms. The van der Waals surface area contributed by atoms with E-state index in [1.54, 1.807) is 0 Å². The van der Waals surface area contributed by atoms with E-state index in [0.29, 0.717) is 0 Å². The van der Waals surface area contributed by atoms with Crippen molar-refractivity contribution in [3.05, 3.63) is 0 Å². The molecule has 0 rings (SSSR count). The first-order valence-corrected chi connectivity index (χ1v) is 5.33. The molecule has 0 aromatic carbocycles. The molecule has 0 saturated carbocycles.